The van der Waals surface area contributed by atoms with E-state index in [-0.39, 0.29) is 22.8 Å². The molecule has 1 saturated carbocycles. The van der Waals surface area contributed by atoms with Crippen molar-refractivity contribution in [2.24, 2.45) is 5.92 Å². The average Bonchev–Trinajstić information content (AvgIpc) is 3.33. The van der Waals surface area contributed by atoms with Crippen molar-refractivity contribution in [3.8, 4) is 0 Å². The number of anilines is 1. The van der Waals surface area contributed by atoms with Crippen molar-refractivity contribution in [1.82, 2.24) is 10.2 Å². The number of benzene rings is 1. The van der Waals surface area contributed by atoms with Gasteiger partial charge in [0.25, 0.3) is 5.91 Å². The zero-order valence-electron chi connectivity index (χ0n) is 12.9. The van der Waals surface area contributed by atoms with E-state index in [1.807, 2.05) is 19.9 Å². The molecule has 0 saturated heterocycles. The fraction of sp³-hybridized carbons (Fsp3) is 0.438. The van der Waals surface area contributed by atoms with E-state index in [9.17, 15) is 9.59 Å². The summed E-state index contributed by atoms with van der Waals surface area (Å²) < 4.78 is 0. The number of hydrogen-bond acceptors (Lipinski definition) is 3. The van der Waals surface area contributed by atoms with Crippen molar-refractivity contribution in [1.29, 1.82) is 0 Å². The molecular formula is C16H21N3O2S. The van der Waals surface area contributed by atoms with E-state index in [1.54, 1.807) is 23.1 Å². The Bertz CT molecular complexity index is 581. The van der Waals surface area contributed by atoms with Crippen LogP contribution in [-0.2, 0) is 4.79 Å². The molecule has 118 valence electrons. The molecular weight excluding hydrogens is 298 g/mol. The zero-order valence-corrected chi connectivity index (χ0v) is 13.7. The molecule has 5 nitrogen and oxygen atoms in total. The second-order valence-electron chi connectivity index (χ2n) is 5.28. The van der Waals surface area contributed by atoms with Gasteiger partial charge in [-0.3, -0.25) is 9.59 Å². The molecule has 0 unspecified atom stereocenters. The number of nitrogens with one attached hydrogen (secondary N) is 2. The molecule has 0 radical (unpaired) electrons. The van der Waals surface area contributed by atoms with Crippen LogP contribution in [0, 0.1) is 5.92 Å². The van der Waals surface area contributed by atoms with Crippen LogP contribution in [0.15, 0.2) is 24.3 Å². The lowest BCUT2D eigenvalue weighted by atomic mass is 10.1. The molecule has 6 heteroatoms. The smallest absolute Gasteiger partial charge is 0.253 e. The molecule has 2 amide bonds. The van der Waals surface area contributed by atoms with Gasteiger partial charge in [-0.05, 0) is 57.1 Å². The first kappa shape index (κ1) is 16.4. The highest BCUT2D eigenvalue weighted by molar-refractivity contribution is 7.80. The number of nitrogens with zero attached hydrogens (tertiary/aromatic N) is 1. The van der Waals surface area contributed by atoms with Gasteiger partial charge in [0.05, 0.1) is 0 Å². The average molecular weight is 319 g/mol. The van der Waals surface area contributed by atoms with Gasteiger partial charge in [0, 0.05) is 30.3 Å². The Morgan fingerprint density at radius 3 is 2.55 bits per heavy atom. The van der Waals surface area contributed by atoms with Gasteiger partial charge in [-0.15, -0.1) is 0 Å². The van der Waals surface area contributed by atoms with E-state index >= 15 is 0 Å². The number of rotatable bonds is 5. The molecule has 0 bridgehead atoms. The number of carbonyl (C=O) groups excluding carboxylic acids is 2. The first-order valence-corrected chi connectivity index (χ1v) is 7.97. The summed E-state index contributed by atoms with van der Waals surface area (Å²) in [6.07, 6.45) is 1.87. The third-order valence-corrected chi connectivity index (χ3v) is 3.81. The van der Waals surface area contributed by atoms with Crippen LogP contribution < -0.4 is 10.6 Å². The van der Waals surface area contributed by atoms with Crippen LogP contribution in [0.25, 0.3) is 0 Å². The lowest BCUT2D eigenvalue weighted by Gasteiger charge is -2.19. The van der Waals surface area contributed by atoms with Gasteiger partial charge in [0.1, 0.15) is 0 Å². The highest BCUT2D eigenvalue weighted by Gasteiger charge is 2.30. The monoisotopic (exact) mass is 319 g/mol. The molecule has 1 aromatic rings. The van der Waals surface area contributed by atoms with Crippen LogP contribution in [-0.4, -0.2) is 34.9 Å². The summed E-state index contributed by atoms with van der Waals surface area (Å²) in [7, 11) is 0. The Morgan fingerprint density at radius 1 is 1.27 bits per heavy atom. The standard InChI is InChI=1S/C16H21N3O2S/c1-3-19(4-2)15(21)12-6-5-7-13(10-12)17-16(22)18-14(20)11-8-9-11/h5-7,10-11H,3-4,8-9H2,1-2H3,(H2,17,18,20,22). The first-order chi connectivity index (χ1) is 10.5. The molecule has 22 heavy (non-hydrogen) atoms. The summed E-state index contributed by atoms with van der Waals surface area (Å²) in [5.41, 5.74) is 1.30. The molecule has 0 aliphatic heterocycles. The van der Waals surface area contributed by atoms with Crippen LogP contribution >= 0.6 is 12.2 Å². The molecule has 2 N–H and O–H groups in total. The quantitative estimate of drug-likeness (QED) is 0.818. The summed E-state index contributed by atoms with van der Waals surface area (Å²) in [6, 6.07) is 7.13. The van der Waals surface area contributed by atoms with E-state index in [0.29, 0.717) is 24.3 Å². The molecule has 2 rings (SSSR count). The minimum Gasteiger partial charge on any atom is -0.339 e. The number of hydrogen-bond donors (Lipinski definition) is 2. The van der Waals surface area contributed by atoms with E-state index in [1.165, 1.54) is 0 Å². The molecule has 1 fully saturated rings. The van der Waals surface area contributed by atoms with Crippen LogP contribution in [0.2, 0.25) is 0 Å². The van der Waals surface area contributed by atoms with Gasteiger partial charge >= 0.3 is 0 Å². The Hall–Kier alpha value is -1.95. The van der Waals surface area contributed by atoms with Crippen molar-refractivity contribution < 1.29 is 9.59 Å². The lowest BCUT2D eigenvalue weighted by molar-refractivity contribution is -0.120. The molecule has 0 heterocycles. The summed E-state index contributed by atoms with van der Waals surface area (Å²) in [4.78, 5) is 25.7. The number of thiocarbonyl (C=S) groups is 1. The highest BCUT2D eigenvalue weighted by Crippen LogP contribution is 2.28. The van der Waals surface area contributed by atoms with E-state index < -0.39 is 0 Å². The van der Waals surface area contributed by atoms with Crippen LogP contribution in [0.1, 0.15) is 37.0 Å². The summed E-state index contributed by atoms with van der Waals surface area (Å²) in [5, 5.41) is 5.89. The molecule has 0 spiro atoms. The van der Waals surface area contributed by atoms with Crippen molar-refractivity contribution in [2.45, 2.75) is 26.7 Å². The largest absolute Gasteiger partial charge is 0.339 e. The van der Waals surface area contributed by atoms with Crippen LogP contribution in [0.5, 0.6) is 0 Å². The third-order valence-electron chi connectivity index (χ3n) is 3.60. The topological polar surface area (TPSA) is 61.4 Å². The number of carbonyl (C=O) groups is 2. The fourth-order valence-corrected chi connectivity index (χ4v) is 2.36. The van der Waals surface area contributed by atoms with Crippen LogP contribution in [0.3, 0.4) is 0 Å². The maximum absolute atomic E-state index is 12.3. The maximum Gasteiger partial charge on any atom is 0.253 e. The van der Waals surface area contributed by atoms with Gasteiger partial charge in [-0.25, -0.2) is 0 Å². The van der Waals surface area contributed by atoms with Crippen molar-refractivity contribution in [2.75, 3.05) is 18.4 Å². The van der Waals surface area contributed by atoms with E-state index in [4.69, 9.17) is 12.2 Å². The Morgan fingerprint density at radius 2 is 1.95 bits per heavy atom. The van der Waals surface area contributed by atoms with Gasteiger partial charge in [0.2, 0.25) is 5.91 Å². The number of amides is 2. The third kappa shape index (κ3) is 4.27. The highest BCUT2D eigenvalue weighted by atomic mass is 32.1. The minimum atomic E-state index is -0.0344. The zero-order chi connectivity index (χ0) is 16.1. The van der Waals surface area contributed by atoms with Gasteiger partial charge < -0.3 is 15.5 Å². The normalized spacial score (nSPS) is 13.4. The van der Waals surface area contributed by atoms with E-state index in [2.05, 4.69) is 10.6 Å². The SMILES string of the molecule is CCN(CC)C(=O)c1cccc(NC(=S)NC(=O)C2CC2)c1. The molecule has 1 aromatic carbocycles. The second kappa shape index (κ2) is 7.35. The fourth-order valence-electron chi connectivity index (χ4n) is 2.15. The second-order valence-corrected chi connectivity index (χ2v) is 5.68. The lowest BCUT2D eigenvalue weighted by Crippen LogP contribution is -2.35. The van der Waals surface area contributed by atoms with E-state index in [0.717, 1.165) is 12.8 Å². The predicted octanol–water partition coefficient (Wildman–Crippen LogP) is 2.39. The van der Waals surface area contributed by atoms with Gasteiger partial charge in [-0.1, -0.05) is 6.07 Å². The Balaban J connectivity index is 1.99. The minimum absolute atomic E-state index is 0.0124. The Labute approximate surface area is 136 Å². The first-order valence-electron chi connectivity index (χ1n) is 7.56. The van der Waals surface area contributed by atoms with Crippen molar-refractivity contribution in [3.63, 3.8) is 0 Å². The maximum atomic E-state index is 12.3. The summed E-state index contributed by atoms with van der Waals surface area (Å²) in [6.45, 7) is 5.24. The van der Waals surface area contributed by atoms with Gasteiger partial charge in [-0.2, -0.15) is 0 Å². The molecule has 1 aliphatic rings. The van der Waals surface area contributed by atoms with Crippen LogP contribution in [0.4, 0.5) is 5.69 Å². The molecule has 1 aliphatic carbocycles. The van der Waals surface area contributed by atoms with Crippen molar-refractivity contribution >= 4 is 34.8 Å². The Kier molecular flexibility index (Phi) is 5.49. The molecule has 0 aromatic heterocycles. The predicted molar refractivity (Wildman–Crippen MR) is 90.8 cm³/mol. The summed E-state index contributed by atoms with van der Waals surface area (Å²) in [5.74, 6) is 0.0600. The summed E-state index contributed by atoms with van der Waals surface area (Å²) >= 11 is 5.13. The molecule has 0 atom stereocenters. The van der Waals surface area contributed by atoms with Gasteiger partial charge in [0.15, 0.2) is 5.11 Å². The van der Waals surface area contributed by atoms with Crippen molar-refractivity contribution in [3.05, 3.63) is 29.8 Å².